The molecule has 1 atom stereocenters. The molecule has 0 aromatic heterocycles. The first kappa shape index (κ1) is 24.0. The normalized spacial score (nSPS) is 18.6. The van der Waals surface area contributed by atoms with Gasteiger partial charge in [0.05, 0.1) is 0 Å². The van der Waals surface area contributed by atoms with E-state index in [4.69, 9.17) is 0 Å². The van der Waals surface area contributed by atoms with Gasteiger partial charge in [0, 0.05) is 37.2 Å². The Labute approximate surface area is 201 Å². The van der Waals surface area contributed by atoms with Crippen molar-refractivity contribution in [3.05, 3.63) is 101 Å². The van der Waals surface area contributed by atoms with Gasteiger partial charge in [0.1, 0.15) is 0 Å². The van der Waals surface area contributed by atoms with Crippen LogP contribution in [0.25, 0.3) is 0 Å². The maximum atomic E-state index is 14.5. The number of aromatic hydroxyl groups is 1. The zero-order chi connectivity index (χ0) is 24.1. The second-order valence-corrected chi connectivity index (χ2v) is 9.10. The van der Waals surface area contributed by atoms with Gasteiger partial charge >= 0.3 is 0 Å². The summed E-state index contributed by atoms with van der Waals surface area (Å²) in [6, 6.07) is 23.0. The molecule has 1 saturated heterocycles. The third kappa shape index (κ3) is 4.85. The third-order valence-electron chi connectivity index (χ3n) is 7.06. The van der Waals surface area contributed by atoms with E-state index in [1.807, 2.05) is 67.3 Å². The minimum Gasteiger partial charge on any atom is -0.505 e. The molecule has 34 heavy (non-hydrogen) atoms. The Kier molecular flexibility index (Phi) is 7.32. The fraction of sp³-hybridized carbons (Fsp3) is 0.345. The van der Waals surface area contributed by atoms with Crippen LogP contribution in [0.1, 0.15) is 53.7 Å². The van der Waals surface area contributed by atoms with Crippen LogP contribution in [-0.2, 0) is 12.0 Å². The number of nitrogens with zero attached hydrogens (tertiary/aromatic N) is 2. The molecular weight excluding hydrogens is 427 g/mol. The molecule has 4 nitrogen and oxygen atoms in total. The monoisotopic (exact) mass is 460 g/mol. The summed E-state index contributed by atoms with van der Waals surface area (Å²) in [4.78, 5) is 17.0. The Balaban J connectivity index is 1.71. The van der Waals surface area contributed by atoms with Crippen molar-refractivity contribution in [2.75, 3.05) is 26.2 Å². The first-order chi connectivity index (χ1) is 16.5. The van der Waals surface area contributed by atoms with E-state index in [-0.39, 0.29) is 11.7 Å². The van der Waals surface area contributed by atoms with Crippen molar-refractivity contribution < 1.29 is 14.3 Å². The summed E-state index contributed by atoms with van der Waals surface area (Å²) in [5.74, 6) is -0.919. The second kappa shape index (κ2) is 10.4. The summed E-state index contributed by atoms with van der Waals surface area (Å²) in [7, 11) is 0. The third-order valence-corrected chi connectivity index (χ3v) is 7.06. The van der Waals surface area contributed by atoms with Gasteiger partial charge in [0.2, 0.25) is 0 Å². The van der Waals surface area contributed by atoms with Crippen LogP contribution in [0.2, 0.25) is 0 Å². The predicted molar refractivity (Wildman–Crippen MR) is 133 cm³/mol. The van der Waals surface area contributed by atoms with Gasteiger partial charge in [-0.25, -0.2) is 4.39 Å². The van der Waals surface area contributed by atoms with Gasteiger partial charge in [-0.2, -0.15) is 0 Å². The van der Waals surface area contributed by atoms with E-state index < -0.39 is 11.2 Å². The van der Waals surface area contributed by atoms with Crippen LogP contribution in [0, 0.1) is 5.82 Å². The summed E-state index contributed by atoms with van der Waals surface area (Å²) in [5, 5.41) is 9.81. The quantitative estimate of drug-likeness (QED) is 0.499. The van der Waals surface area contributed by atoms with Crippen molar-refractivity contribution in [3.63, 3.8) is 0 Å². The minimum absolute atomic E-state index is 0.0237. The topological polar surface area (TPSA) is 43.8 Å². The fourth-order valence-electron chi connectivity index (χ4n) is 5.19. The van der Waals surface area contributed by atoms with Gasteiger partial charge in [0.15, 0.2) is 11.6 Å². The molecule has 0 radical (unpaired) electrons. The number of amides is 1. The highest BCUT2D eigenvalue weighted by molar-refractivity contribution is 5.94. The lowest BCUT2D eigenvalue weighted by molar-refractivity contribution is 0.0773. The van der Waals surface area contributed by atoms with Crippen molar-refractivity contribution in [2.45, 2.75) is 38.6 Å². The van der Waals surface area contributed by atoms with Crippen LogP contribution in [0.4, 0.5) is 4.39 Å². The number of phenolic OH excluding ortho intramolecular Hbond substituents is 1. The zero-order valence-corrected chi connectivity index (χ0v) is 20.0. The Morgan fingerprint density at radius 2 is 1.68 bits per heavy atom. The summed E-state index contributed by atoms with van der Waals surface area (Å²) in [6.07, 6.45) is 1.83. The van der Waals surface area contributed by atoms with E-state index in [2.05, 4.69) is 17.0 Å². The Hall–Kier alpha value is -3.18. The molecule has 0 saturated carbocycles. The number of benzene rings is 3. The van der Waals surface area contributed by atoms with E-state index >= 15 is 0 Å². The van der Waals surface area contributed by atoms with E-state index in [1.54, 1.807) is 0 Å². The highest BCUT2D eigenvalue weighted by Crippen LogP contribution is 2.42. The largest absolute Gasteiger partial charge is 0.505 e. The van der Waals surface area contributed by atoms with Crippen molar-refractivity contribution in [1.29, 1.82) is 0 Å². The summed E-state index contributed by atoms with van der Waals surface area (Å²) >= 11 is 0. The van der Waals surface area contributed by atoms with Crippen LogP contribution in [0.3, 0.4) is 0 Å². The van der Waals surface area contributed by atoms with Crippen LogP contribution in [0.15, 0.2) is 72.8 Å². The van der Waals surface area contributed by atoms with E-state index in [0.717, 1.165) is 43.6 Å². The SMILES string of the molecule is CCN(CC)C(=O)c1ccc(C2(c3ccc(O)c(F)c3)CCCN(Cc3ccccc3)C2)cc1. The van der Waals surface area contributed by atoms with Crippen LogP contribution in [0.5, 0.6) is 5.75 Å². The van der Waals surface area contributed by atoms with Gasteiger partial charge < -0.3 is 10.0 Å². The van der Waals surface area contributed by atoms with Crippen molar-refractivity contribution >= 4 is 5.91 Å². The molecule has 1 N–H and O–H groups in total. The van der Waals surface area contributed by atoms with E-state index in [1.165, 1.54) is 17.7 Å². The number of carbonyl (C=O) groups is 1. The highest BCUT2D eigenvalue weighted by Gasteiger charge is 2.39. The molecule has 178 valence electrons. The Morgan fingerprint density at radius 1 is 1.00 bits per heavy atom. The summed E-state index contributed by atoms with van der Waals surface area (Å²) in [6.45, 7) is 7.82. The number of hydrogen-bond donors (Lipinski definition) is 1. The lowest BCUT2D eigenvalue weighted by atomic mass is 9.69. The molecule has 1 unspecified atom stereocenters. The van der Waals surface area contributed by atoms with Gasteiger partial charge in [-0.05, 0) is 74.2 Å². The molecule has 1 heterocycles. The van der Waals surface area contributed by atoms with Crippen molar-refractivity contribution in [1.82, 2.24) is 9.80 Å². The number of likely N-dealkylation sites (tertiary alicyclic amines) is 1. The standard InChI is InChI=1S/C29H33FN2O2/c1-3-32(4-2)28(34)23-11-13-24(14-12-23)29(25-15-16-27(33)26(30)19-25)17-8-18-31(21-29)20-22-9-6-5-7-10-22/h5-7,9-16,19,33H,3-4,8,17-18,20-21H2,1-2H3. The summed E-state index contributed by atoms with van der Waals surface area (Å²) < 4.78 is 14.5. The van der Waals surface area contributed by atoms with Crippen LogP contribution in [-0.4, -0.2) is 47.0 Å². The fourth-order valence-corrected chi connectivity index (χ4v) is 5.19. The van der Waals surface area contributed by atoms with Gasteiger partial charge in [-0.1, -0.05) is 48.5 Å². The smallest absolute Gasteiger partial charge is 0.253 e. The highest BCUT2D eigenvalue weighted by atomic mass is 19.1. The molecule has 4 rings (SSSR count). The molecule has 3 aromatic carbocycles. The first-order valence-electron chi connectivity index (χ1n) is 12.1. The number of halogens is 1. The van der Waals surface area contributed by atoms with Crippen LogP contribution >= 0.6 is 0 Å². The molecule has 0 spiro atoms. The number of piperidine rings is 1. The van der Waals surface area contributed by atoms with Crippen molar-refractivity contribution in [3.8, 4) is 5.75 Å². The molecular formula is C29H33FN2O2. The lowest BCUT2D eigenvalue weighted by Gasteiger charge is -2.44. The number of carbonyl (C=O) groups excluding carboxylic acids is 1. The molecule has 1 aliphatic heterocycles. The zero-order valence-electron chi connectivity index (χ0n) is 20.0. The molecule has 0 aliphatic carbocycles. The number of hydrogen-bond acceptors (Lipinski definition) is 3. The molecule has 1 fully saturated rings. The Morgan fingerprint density at radius 3 is 2.32 bits per heavy atom. The molecule has 5 heteroatoms. The molecule has 3 aromatic rings. The average molecular weight is 461 g/mol. The predicted octanol–water partition coefficient (Wildman–Crippen LogP) is 5.60. The van der Waals surface area contributed by atoms with Crippen LogP contribution < -0.4 is 0 Å². The minimum atomic E-state index is -0.606. The Bertz CT molecular complexity index is 1110. The molecule has 0 bridgehead atoms. The van der Waals surface area contributed by atoms with Gasteiger partial charge in [0.25, 0.3) is 5.91 Å². The summed E-state index contributed by atoms with van der Waals surface area (Å²) in [5.41, 5.74) is 3.39. The van der Waals surface area contributed by atoms with Gasteiger partial charge in [-0.3, -0.25) is 9.69 Å². The van der Waals surface area contributed by atoms with Crippen molar-refractivity contribution in [2.24, 2.45) is 0 Å². The average Bonchev–Trinajstić information content (AvgIpc) is 2.87. The van der Waals surface area contributed by atoms with E-state index in [0.29, 0.717) is 18.7 Å². The number of phenols is 1. The molecule has 1 aliphatic rings. The molecule has 1 amide bonds. The second-order valence-electron chi connectivity index (χ2n) is 9.10. The van der Waals surface area contributed by atoms with Gasteiger partial charge in [-0.15, -0.1) is 0 Å². The lowest BCUT2D eigenvalue weighted by Crippen LogP contribution is -2.46. The number of rotatable bonds is 7. The maximum Gasteiger partial charge on any atom is 0.253 e. The maximum absolute atomic E-state index is 14.5. The first-order valence-corrected chi connectivity index (χ1v) is 12.1. The van der Waals surface area contributed by atoms with E-state index in [9.17, 15) is 14.3 Å².